The number of nitrogens with one attached hydrogen (secondary N) is 2. The van der Waals surface area contributed by atoms with Crippen molar-refractivity contribution in [2.75, 3.05) is 27.7 Å². The van der Waals surface area contributed by atoms with Gasteiger partial charge in [0.2, 0.25) is 0 Å². The van der Waals surface area contributed by atoms with Gasteiger partial charge in [0, 0.05) is 45.4 Å². The molecule has 0 aromatic heterocycles. The van der Waals surface area contributed by atoms with Gasteiger partial charge in [-0.2, -0.15) is 0 Å². The molecule has 0 saturated carbocycles. The standard InChI is InChI=1S/C26H29FN4O2.HI/c1-28-26(29-16-15-19-9-8-11-20(17-19)25(32)31(2)3)30-18-21-10-4-6-13-23(21)33-24-14-7-5-12-22(24)27;/h4-14,17H,15-16,18H2,1-3H3,(H2,28,29,30);1H. The van der Waals surface area contributed by atoms with E-state index in [1.54, 1.807) is 44.2 Å². The van der Waals surface area contributed by atoms with Crippen molar-refractivity contribution in [3.63, 3.8) is 0 Å². The molecule has 6 nitrogen and oxygen atoms in total. The summed E-state index contributed by atoms with van der Waals surface area (Å²) in [6.07, 6.45) is 0.738. The van der Waals surface area contributed by atoms with Crippen molar-refractivity contribution in [2.24, 2.45) is 4.99 Å². The molecule has 180 valence electrons. The molecule has 3 aromatic carbocycles. The maximum absolute atomic E-state index is 14.0. The van der Waals surface area contributed by atoms with E-state index < -0.39 is 5.82 Å². The second-order valence-corrected chi connectivity index (χ2v) is 7.64. The van der Waals surface area contributed by atoms with Crippen LogP contribution >= 0.6 is 24.0 Å². The van der Waals surface area contributed by atoms with E-state index in [4.69, 9.17) is 4.74 Å². The Morgan fingerprint density at radius 3 is 2.38 bits per heavy atom. The monoisotopic (exact) mass is 576 g/mol. The quantitative estimate of drug-likeness (QED) is 0.229. The number of nitrogens with zero attached hydrogens (tertiary/aromatic N) is 2. The maximum atomic E-state index is 14.0. The summed E-state index contributed by atoms with van der Waals surface area (Å²) in [6.45, 7) is 1.10. The number of hydrogen-bond donors (Lipinski definition) is 2. The summed E-state index contributed by atoms with van der Waals surface area (Å²) in [7, 11) is 5.19. The predicted molar refractivity (Wildman–Crippen MR) is 145 cm³/mol. The van der Waals surface area contributed by atoms with Gasteiger partial charge in [-0.25, -0.2) is 4.39 Å². The number of hydrogen-bond acceptors (Lipinski definition) is 3. The second-order valence-electron chi connectivity index (χ2n) is 7.64. The Balaban J connectivity index is 0.00000408. The fourth-order valence-electron chi connectivity index (χ4n) is 3.24. The molecule has 0 aliphatic carbocycles. The molecule has 0 bridgehead atoms. The highest BCUT2D eigenvalue weighted by Crippen LogP contribution is 2.27. The first-order chi connectivity index (χ1) is 16.0. The second kappa shape index (κ2) is 13.5. The Morgan fingerprint density at radius 2 is 1.68 bits per heavy atom. The van der Waals surface area contributed by atoms with Crippen molar-refractivity contribution in [1.82, 2.24) is 15.5 Å². The molecule has 0 fully saturated rings. The van der Waals surface area contributed by atoms with E-state index in [0.717, 1.165) is 17.5 Å². The molecule has 8 heteroatoms. The molecule has 0 atom stereocenters. The molecule has 1 amide bonds. The minimum absolute atomic E-state index is 0. The van der Waals surface area contributed by atoms with Gasteiger partial charge in [-0.15, -0.1) is 24.0 Å². The highest BCUT2D eigenvalue weighted by atomic mass is 127. The van der Waals surface area contributed by atoms with Crippen LogP contribution in [0.25, 0.3) is 0 Å². The van der Waals surface area contributed by atoms with Crippen LogP contribution in [0.2, 0.25) is 0 Å². The third kappa shape index (κ3) is 7.72. The molecule has 3 rings (SSSR count). The van der Waals surface area contributed by atoms with Crippen molar-refractivity contribution < 1.29 is 13.9 Å². The minimum atomic E-state index is -0.408. The van der Waals surface area contributed by atoms with Gasteiger partial charge < -0.3 is 20.3 Å². The normalized spacial score (nSPS) is 10.8. The van der Waals surface area contributed by atoms with Gasteiger partial charge in [0.15, 0.2) is 17.5 Å². The summed E-state index contributed by atoms with van der Waals surface area (Å²) in [5.74, 6) is 0.972. The van der Waals surface area contributed by atoms with E-state index in [1.807, 2.05) is 48.5 Å². The zero-order valence-electron chi connectivity index (χ0n) is 19.5. The molecule has 2 N–H and O–H groups in total. The van der Waals surface area contributed by atoms with Crippen molar-refractivity contribution >= 4 is 35.8 Å². The smallest absolute Gasteiger partial charge is 0.253 e. The lowest BCUT2D eigenvalue weighted by Gasteiger charge is -2.15. The van der Waals surface area contributed by atoms with E-state index in [1.165, 1.54) is 6.07 Å². The van der Waals surface area contributed by atoms with Crippen molar-refractivity contribution in [3.8, 4) is 11.5 Å². The third-order valence-electron chi connectivity index (χ3n) is 4.99. The number of benzene rings is 3. The number of ether oxygens (including phenoxy) is 1. The van der Waals surface area contributed by atoms with Gasteiger partial charge in [-0.1, -0.05) is 42.5 Å². The Labute approximate surface area is 217 Å². The summed E-state index contributed by atoms with van der Waals surface area (Å²) in [5, 5.41) is 6.54. The number of carbonyl (C=O) groups excluding carboxylic acids is 1. The summed E-state index contributed by atoms with van der Waals surface area (Å²) >= 11 is 0. The minimum Gasteiger partial charge on any atom is -0.454 e. The predicted octanol–water partition coefficient (Wildman–Crippen LogP) is 4.85. The molecule has 34 heavy (non-hydrogen) atoms. The average molecular weight is 576 g/mol. The van der Waals surface area contributed by atoms with Gasteiger partial charge in [-0.3, -0.25) is 9.79 Å². The number of aliphatic imine (C=N–C) groups is 1. The van der Waals surface area contributed by atoms with Gasteiger partial charge in [0.25, 0.3) is 5.91 Å². The first-order valence-electron chi connectivity index (χ1n) is 10.7. The highest BCUT2D eigenvalue weighted by molar-refractivity contribution is 14.0. The number of rotatable bonds is 8. The number of carbonyl (C=O) groups is 1. The summed E-state index contributed by atoms with van der Waals surface area (Å²) in [6, 6.07) is 21.4. The van der Waals surface area contributed by atoms with E-state index >= 15 is 0 Å². The van der Waals surface area contributed by atoms with E-state index in [-0.39, 0.29) is 35.6 Å². The van der Waals surface area contributed by atoms with Crippen LogP contribution in [0.4, 0.5) is 4.39 Å². The Morgan fingerprint density at radius 1 is 0.971 bits per heavy atom. The molecule has 0 aliphatic rings. The maximum Gasteiger partial charge on any atom is 0.253 e. The van der Waals surface area contributed by atoms with Crippen LogP contribution in [0.15, 0.2) is 77.8 Å². The van der Waals surface area contributed by atoms with Crippen molar-refractivity contribution in [2.45, 2.75) is 13.0 Å². The van der Waals surface area contributed by atoms with Crippen LogP contribution in [0.1, 0.15) is 21.5 Å². The van der Waals surface area contributed by atoms with Crippen LogP contribution in [-0.4, -0.2) is 44.5 Å². The van der Waals surface area contributed by atoms with Crippen LogP contribution in [0, 0.1) is 5.82 Å². The van der Waals surface area contributed by atoms with E-state index in [0.29, 0.717) is 30.4 Å². The lowest BCUT2D eigenvalue weighted by atomic mass is 10.1. The first kappa shape index (κ1) is 27.1. The average Bonchev–Trinajstić information content (AvgIpc) is 2.83. The molecule has 3 aromatic rings. The lowest BCUT2D eigenvalue weighted by Crippen LogP contribution is -2.37. The largest absolute Gasteiger partial charge is 0.454 e. The Hall–Kier alpha value is -3.14. The number of guanidine groups is 1. The first-order valence-corrected chi connectivity index (χ1v) is 10.7. The Bertz CT molecular complexity index is 1120. The van der Waals surface area contributed by atoms with Crippen molar-refractivity contribution in [3.05, 3.63) is 95.3 Å². The van der Waals surface area contributed by atoms with Crippen LogP contribution in [-0.2, 0) is 13.0 Å². The molecule has 0 spiro atoms. The highest BCUT2D eigenvalue weighted by Gasteiger charge is 2.10. The summed E-state index contributed by atoms with van der Waals surface area (Å²) in [5.41, 5.74) is 2.61. The zero-order chi connectivity index (χ0) is 23.6. The molecule has 0 radical (unpaired) electrons. The zero-order valence-corrected chi connectivity index (χ0v) is 21.9. The van der Waals surface area contributed by atoms with Crippen LogP contribution in [0.5, 0.6) is 11.5 Å². The lowest BCUT2D eigenvalue weighted by molar-refractivity contribution is 0.0827. The summed E-state index contributed by atoms with van der Waals surface area (Å²) in [4.78, 5) is 18.0. The number of amides is 1. The Kier molecular flexibility index (Phi) is 10.8. The topological polar surface area (TPSA) is 66.0 Å². The van der Waals surface area contributed by atoms with E-state index in [9.17, 15) is 9.18 Å². The summed E-state index contributed by atoms with van der Waals surface area (Å²) < 4.78 is 19.8. The van der Waals surface area contributed by atoms with Gasteiger partial charge >= 0.3 is 0 Å². The number of halogens is 2. The van der Waals surface area contributed by atoms with Gasteiger partial charge in [-0.05, 0) is 42.3 Å². The van der Waals surface area contributed by atoms with Crippen molar-refractivity contribution in [1.29, 1.82) is 0 Å². The fourth-order valence-corrected chi connectivity index (χ4v) is 3.24. The van der Waals surface area contributed by atoms with Crippen LogP contribution in [0.3, 0.4) is 0 Å². The van der Waals surface area contributed by atoms with Gasteiger partial charge in [0.05, 0.1) is 0 Å². The van der Waals surface area contributed by atoms with E-state index in [2.05, 4.69) is 15.6 Å². The molecular formula is C26H30FIN4O2. The fraction of sp³-hybridized carbons (Fsp3) is 0.231. The number of para-hydroxylation sites is 2. The molecule has 0 aliphatic heterocycles. The molecule has 0 heterocycles. The molecule has 0 saturated heterocycles. The van der Waals surface area contributed by atoms with Crippen LogP contribution < -0.4 is 15.4 Å². The van der Waals surface area contributed by atoms with Gasteiger partial charge in [0.1, 0.15) is 5.75 Å². The third-order valence-corrected chi connectivity index (χ3v) is 4.99. The SMILES string of the molecule is CN=C(NCCc1cccc(C(=O)N(C)C)c1)NCc1ccccc1Oc1ccccc1F.I. The molecule has 0 unspecified atom stereocenters. The molecular weight excluding hydrogens is 546 g/mol.